The smallest absolute Gasteiger partial charge is 0.244 e. The molecule has 0 aliphatic rings. The highest BCUT2D eigenvalue weighted by Crippen LogP contribution is 2.27. The molecule has 0 unspecified atom stereocenters. The molecule has 2 atom stereocenters. The molecule has 3 aromatic carbocycles. The Bertz CT molecular complexity index is 1410. The number of nitrogens with one attached hydrogen (secondary N) is 1. The Labute approximate surface area is 247 Å². The summed E-state index contributed by atoms with van der Waals surface area (Å²) in [5, 5.41) is 3.48. The first-order valence-corrected chi connectivity index (χ1v) is 15.6. The van der Waals surface area contributed by atoms with Crippen LogP contribution in [0.25, 0.3) is 0 Å². The lowest BCUT2D eigenvalue weighted by Crippen LogP contribution is -2.54. The lowest BCUT2D eigenvalue weighted by molar-refractivity contribution is -0.140. The van der Waals surface area contributed by atoms with Crippen molar-refractivity contribution in [1.82, 2.24) is 10.2 Å². The van der Waals surface area contributed by atoms with Crippen LogP contribution in [0.5, 0.6) is 0 Å². The first-order chi connectivity index (χ1) is 18.9. The molecule has 0 radical (unpaired) electrons. The summed E-state index contributed by atoms with van der Waals surface area (Å²) in [4.78, 5) is 29.3. The Morgan fingerprint density at radius 1 is 0.925 bits per heavy atom. The highest BCUT2D eigenvalue weighted by atomic mass is 35.5. The van der Waals surface area contributed by atoms with Crippen LogP contribution in [0.15, 0.2) is 72.8 Å². The van der Waals surface area contributed by atoms with Gasteiger partial charge in [0.15, 0.2) is 0 Å². The first-order valence-electron chi connectivity index (χ1n) is 13.0. The molecule has 1 N–H and O–H groups in total. The highest BCUT2D eigenvalue weighted by Gasteiger charge is 2.33. The largest absolute Gasteiger partial charge is 0.352 e. The van der Waals surface area contributed by atoms with Crippen molar-refractivity contribution in [2.75, 3.05) is 17.1 Å². The third kappa shape index (κ3) is 8.98. The van der Waals surface area contributed by atoms with Gasteiger partial charge >= 0.3 is 0 Å². The summed E-state index contributed by atoms with van der Waals surface area (Å²) in [6, 6.07) is 20.4. The van der Waals surface area contributed by atoms with E-state index in [4.69, 9.17) is 23.2 Å². The van der Waals surface area contributed by atoms with Gasteiger partial charge in [0.25, 0.3) is 0 Å². The van der Waals surface area contributed by atoms with Gasteiger partial charge in [0.05, 0.1) is 11.9 Å². The summed E-state index contributed by atoms with van der Waals surface area (Å²) >= 11 is 12.3. The number of anilines is 1. The number of hydrogen-bond donors (Lipinski definition) is 1. The molecule has 10 heteroatoms. The number of carbonyl (C=O) groups excluding carboxylic acids is 2. The van der Waals surface area contributed by atoms with Crippen molar-refractivity contribution < 1.29 is 18.0 Å². The summed E-state index contributed by atoms with van der Waals surface area (Å²) in [5.74, 6) is -0.848. The minimum absolute atomic E-state index is 0.109. The zero-order valence-electron chi connectivity index (χ0n) is 23.1. The Kier molecular flexibility index (Phi) is 11.0. The van der Waals surface area contributed by atoms with Crippen LogP contribution in [0.2, 0.25) is 10.0 Å². The van der Waals surface area contributed by atoms with Crippen LogP contribution in [-0.2, 0) is 32.6 Å². The molecule has 214 valence electrons. The third-order valence-corrected chi connectivity index (χ3v) is 8.10. The van der Waals surface area contributed by atoms with E-state index < -0.39 is 28.5 Å². The fourth-order valence-electron chi connectivity index (χ4n) is 4.30. The topological polar surface area (TPSA) is 86.8 Å². The lowest BCUT2D eigenvalue weighted by Gasteiger charge is -2.34. The summed E-state index contributed by atoms with van der Waals surface area (Å²) in [6.07, 6.45) is 1.98. The van der Waals surface area contributed by atoms with Crippen molar-refractivity contribution in [3.63, 3.8) is 0 Å². The van der Waals surface area contributed by atoms with Crippen LogP contribution >= 0.6 is 23.2 Å². The predicted molar refractivity (Wildman–Crippen MR) is 162 cm³/mol. The summed E-state index contributed by atoms with van der Waals surface area (Å²) in [6.45, 7) is 5.38. The summed E-state index contributed by atoms with van der Waals surface area (Å²) in [7, 11) is -3.92. The minimum Gasteiger partial charge on any atom is -0.352 e. The van der Waals surface area contributed by atoms with E-state index in [0.717, 1.165) is 27.3 Å². The van der Waals surface area contributed by atoms with Gasteiger partial charge in [0, 0.05) is 29.1 Å². The molecule has 0 fully saturated rings. The van der Waals surface area contributed by atoms with Crippen molar-refractivity contribution in [3.8, 4) is 0 Å². The number of amides is 2. The Hall–Kier alpha value is -3.07. The maximum absolute atomic E-state index is 14.1. The second-order valence-electron chi connectivity index (χ2n) is 9.93. The van der Waals surface area contributed by atoms with Crippen molar-refractivity contribution in [2.45, 2.75) is 52.2 Å². The molecule has 3 aromatic rings. The van der Waals surface area contributed by atoms with Crippen molar-refractivity contribution >= 4 is 50.7 Å². The van der Waals surface area contributed by atoms with Crippen molar-refractivity contribution in [3.05, 3.63) is 99.5 Å². The van der Waals surface area contributed by atoms with Gasteiger partial charge < -0.3 is 10.2 Å². The van der Waals surface area contributed by atoms with Gasteiger partial charge in [-0.25, -0.2) is 8.42 Å². The average Bonchev–Trinajstić information content (AvgIpc) is 2.88. The Morgan fingerprint density at radius 2 is 1.55 bits per heavy atom. The van der Waals surface area contributed by atoms with E-state index in [0.29, 0.717) is 6.42 Å². The number of sulfonamides is 1. The van der Waals surface area contributed by atoms with E-state index in [1.165, 1.54) is 23.1 Å². The predicted octanol–water partition coefficient (Wildman–Crippen LogP) is 5.62. The number of benzene rings is 3. The van der Waals surface area contributed by atoms with Crippen LogP contribution in [-0.4, -0.2) is 50.0 Å². The number of carbonyl (C=O) groups is 2. The van der Waals surface area contributed by atoms with Crippen molar-refractivity contribution in [1.29, 1.82) is 0 Å². The second-order valence-corrected chi connectivity index (χ2v) is 12.7. The van der Waals surface area contributed by atoms with Gasteiger partial charge in [-0.15, -0.1) is 0 Å². The van der Waals surface area contributed by atoms with Crippen LogP contribution in [0.1, 0.15) is 37.0 Å². The standard InChI is InChI=1S/C30H35Cl2N3O4S/c1-5-22(3)33-30(37)28(15-23-11-7-6-8-12-23)34(19-24-13-9-10-21(2)14-24)29(36)20-35(40(4,38)39)27-17-25(31)16-26(32)18-27/h6-14,16-18,22,28H,5,15,19-20H2,1-4H3,(H,33,37)/t22-,28-/m0/s1. The van der Waals surface area contributed by atoms with Crippen LogP contribution < -0.4 is 9.62 Å². The summed E-state index contributed by atoms with van der Waals surface area (Å²) in [5.41, 5.74) is 2.85. The summed E-state index contributed by atoms with van der Waals surface area (Å²) < 4.78 is 26.7. The molecule has 0 spiro atoms. The molecular formula is C30H35Cl2N3O4S. The quantitative estimate of drug-likeness (QED) is 0.291. The number of rotatable bonds is 12. The third-order valence-electron chi connectivity index (χ3n) is 6.52. The molecule has 40 heavy (non-hydrogen) atoms. The number of hydrogen-bond acceptors (Lipinski definition) is 4. The molecule has 0 heterocycles. The first kappa shape index (κ1) is 31.5. The van der Waals surface area contributed by atoms with E-state index in [1.54, 1.807) is 0 Å². The van der Waals surface area contributed by atoms with E-state index in [-0.39, 0.29) is 40.6 Å². The molecule has 0 aliphatic heterocycles. The number of aryl methyl sites for hydroxylation is 1. The van der Waals surface area contributed by atoms with Crippen LogP contribution in [0, 0.1) is 6.92 Å². The number of nitrogens with zero attached hydrogens (tertiary/aromatic N) is 2. The molecule has 0 saturated carbocycles. The van der Waals surface area contributed by atoms with Crippen molar-refractivity contribution in [2.24, 2.45) is 0 Å². The van der Waals surface area contributed by atoms with Crippen LogP contribution in [0.3, 0.4) is 0 Å². The lowest BCUT2D eigenvalue weighted by atomic mass is 10.0. The molecule has 7 nitrogen and oxygen atoms in total. The van der Waals surface area contributed by atoms with E-state index >= 15 is 0 Å². The molecule has 0 bridgehead atoms. The fraction of sp³-hybridized carbons (Fsp3) is 0.333. The normalized spacial score (nSPS) is 12.8. The molecule has 3 rings (SSSR count). The Morgan fingerprint density at radius 3 is 2.12 bits per heavy atom. The highest BCUT2D eigenvalue weighted by molar-refractivity contribution is 7.92. The van der Waals surface area contributed by atoms with Crippen LogP contribution in [0.4, 0.5) is 5.69 Å². The van der Waals surface area contributed by atoms with E-state index in [9.17, 15) is 18.0 Å². The average molecular weight is 605 g/mol. The molecular weight excluding hydrogens is 569 g/mol. The van der Waals surface area contributed by atoms with Gasteiger partial charge in [0.2, 0.25) is 21.8 Å². The van der Waals surface area contributed by atoms with Gasteiger partial charge in [-0.3, -0.25) is 13.9 Å². The van der Waals surface area contributed by atoms with Gasteiger partial charge in [-0.2, -0.15) is 0 Å². The maximum Gasteiger partial charge on any atom is 0.244 e. The molecule has 0 saturated heterocycles. The van der Waals surface area contributed by atoms with E-state index in [2.05, 4.69) is 5.32 Å². The minimum atomic E-state index is -3.92. The van der Waals surface area contributed by atoms with Gasteiger partial charge in [-0.05, 0) is 49.6 Å². The zero-order valence-corrected chi connectivity index (χ0v) is 25.4. The fourth-order valence-corrected chi connectivity index (χ4v) is 5.65. The Balaban J connectivity index is 2.08. The SMILES string of the molecule is CC[C@H](C)NC(=O)[C@H](Cc1ccccc1)N(Cc1cccc(C)c1)C(=O)CN(c1cc(Cl)cc(Cl)c1)S(C)(=O)=O. The molecule has 0 aromatic heterocycles. The molecule has 0 aliphatic carbocycles. The van der Waals surface area contributed by atoms with Gasteiger partial charge in [0.1, 0.15) is 12.6 Å². The van der Waals surface area contributed by atoms with E-state index in [1.807, 2.05) is 75.4 Å². The number of halogens is 2. The van der Waals surface area contributed by atoms with Gasteiger partial charge in [-0.1, -0.05) is 90.3 Å². The maximum atomic E-state index is 14.1. The second kappa shape index (κ2) is 14.0. The monoisotopic (exact) mass is 603 g/mol. The zero-order chi connectivity index (χ0) is 29.4. The molecule has 2 amide bonds.